The molecule has 27 heavy (non-hydrogen) atoms. The molecule has 3 rings (SSSR count). The summed E-state index contributed by atoms with van der Waals surface area (Å²) in [6.07, 6.45) is 0. The van der Waals surface area contributed by atoms with E-state index < -0.39 is 10.0 Å². The standard InChI is InChI=1S/C18H14ClN5O2S/c1-12-10-14(6-7-15(12)19)27(25,26)24-18-9-8-17(22-23-18)21-16-5-3-2-4-13(16)11-20/h2-10H,1H3,(H,21,22)(H,23,24). The number of nitriles is 1. The number of benzene rings is 2. The van der Waals surface area contributed by atoms with Crippen LogP contribution in [0.25, 0.3) is 0 Å². The number of anilines is 3. The first-order chi connectivity index (χ1) is 12.9. The molecule has 2 N–H and O–H groups in total. The number of halogens is 1. The fourth-order valence-electron chi connectivity index (χ4n) is 2.26. The molecule has 0 aliphatic rings. The number of para-hydroxylation sites is 1. The average Bonchev–Trinajstić information content (AvgIpc) is 2.65. The summed E-state index contributed by atoms with van der Waals surface area (Å²) in [6.45, 7) is 1.72. The Morgan fingerprint density at radius 1 is 1.04 bits per heavy atom. The van der Waals surface area contributed by atoms with Crippen LogP contribution in [-0.4, -0.2) is 18.6 Å². The minimum Gasteiger partial charge on any atom is -0.338 e. The van der Waals surface area contributed by atoms with Gasteiger partial charge in [-0.3, -0.25) is 4.72 Å². The molecule has 1 heterocycles. The second kappa shape index (κ2) is 7.61. The number of aryl methyl sites for hydroxylation is 1. The van der Waals surface area contributed by atoms with Crippen LogP contribution in [0.1, 0.15) is 11.1 Å². The van der Waals surface area contributed by atoms with Gasteiger partial charge in [-0.25, -0.2) is 8.42 Å². The third kappa shape index (κ3) is 4.34. The zero-order chi connectivity index (χ0) is 19.4. The van der Waals surface area contributed by atoms with Crippen molar-refractivity contribution in [1.82, 2.24) is 10.2 Å². The molecule has 0 bridgehead atoms. The van der Waals surface area contributed by atoms with E-state index in [4.69, 9.17) is 16.9 Å². The van der Waals surface area contributed by atoms with Crippen molar-refractivity contribution in [1.29, 1.82) is 5.26 Å². The fraction of sp³-hybridized carbons (Fsp3) is 0.0556. The van der Waals surface area contributed by atoms with Gasteiger partial charge in [0.2, 0.25) is 0 Å². The van der Waals surface area contributed by atoms with Gasteiger partial charge < -0.3 is 5.32 Å². The van der Waals surface area contributed by atoms with Crippen LogP contribution in [0.15, 0.2) is 59.5 Å². The lowest BCUT2D eigenvalue weighted by Crippen LogP contribution is -2.14. The van der Waals surface area contributed by atoms with E-state index in [1.807, 2.05) is 0 Å². The van der Waals surface area contributed by atoms with Gasteiger partial charge in [-0.15, -0.1) is 10.2 Å². The fourth-order valence-corrected chi connectivity index (χ4v) is 3.46. The molecule has 0 aliphatic heterocycles. The largest absolute Gasteiger partial charge is 0.338 e. The van der Waals surface area contributed by atoms with E-state index in [1.54, 1.807) is 37.3 Å². The summed E-state index contributed by atoms with van der Waals surface area (Å²) < 4.78 is 27.3. The van der Waals surface area contributed by atoms with Crippen LogP contribution in [-0.2, 0) is 10.0 Å². The van der Waals surface area contributed by atoms with Gasteiger partial charge in [-0.1, -0.05) is 23.7 Å². The van der Waals surface area contributed by atoms with E-state index in [2.05, 4.69) is 26.3 Å². The molecular weight excluding hydrogens is 386 g/mol. The van der Waals surface area contributed by atoms with Gasteiger partial charge in [0.15, 0.2) is 11.6 Å². The zero-order valence-electron chi connectivity index (χ0n) is 14.1. The van der Waals surface area contributed by atoms with Crippen LogP contribution in [0.2, 0.25) is 5.02 Å². The summed E-state index contributed by atoms with van der Waals surface area (Å²) in [5.41, 5.74) is 1.70. The highest BCUT2D eigenvalue weighted by atomic mass is 35.5. The van der Waals surface area contributed by atoms with E-state index in [0.29, 0.717) is 27.7 Å². The summed E-state index contributed by atoms with van der Waals surface area (Å²) in [7, 11) is -3.81. The SMILES string of the molecule is Cc1cc(S(=O)(=O)Nc2ccc(Nc3ccccc3C#N)nn2)ccc1Cl. The number of rotatable bonds is 5. The van der Waals surface area contributed by atoms with E-state index in [1.165, 1.54) is 24.3 Å². The molecule has 136 valence electrons. The van der Waals surface area contributed by atoms with Gasteiger partial charge >= 0.3 is 0 Å². The summed E-state index contributed by atoms with van der Waals surface area (Å²) in [5.74, 6) is 0.449. The number of nitrogens with one attached hydrogen (secondary N) is 2. The Kier molecular flexibility index (Phi) is 5.26. The number of hydrogen-bond donors (Lipinski definition) is 2. The lowest BCUT2D eigenvalue weighted by atomic mass is 10.2. The monoisotopic (exact) mass is 399 g/mol. The number of nitrogens with zero attached hydrogens (tertiary/aromatic N) is 3. The van der Waals surface area contributed by atoms with Gasteiger partial charge in [0, 0.05) is 5.02 Å². The molecule has 0 unspecified atom stereocenters. The Balaban J connectivity index is 1.77. The summed E-state index contributed by atoms with van der Waals surface area (Å²) in [6, 6.07) is 16.5. The van der Waals surface area contributed by atoms with Crippen molar-refractivity contribution in [2.24, 2.45) is 0 Å². The molecule has 0 atom stereocenters. The quantitative estimate of drug-likeness (QED) is 0.674. The Morgan fingerprint density at radius 3 is 2.41 bits per heavy atom. The number of hydrogen-bond acceptors (Lipinski definition) is 6. The van der Waals surface area contributed by atoms with Crippen molar-refractivity contribution >= 4 is 38.9 Å². The molecule has 0 spiro atoms. The van der Waals surface area contributed by atoms with E-state index in [0.717, 1.165) is 0 Å². The average molecular weight is 400 g/mol. The smallest absolute Gasteiger partial charge is 0.263 e. The van der Waals surface area contributed by atoms with Crippen LogP contribution in [0.4, 0.5) is 17.3 Å². The van der Waals surface area contributed by atoms with Gasteiger partial charge in [0.25, 0.3) is 10.0 Å². The molecule has 9 heteroatoms. The number of aromatic nitrogens is 2. The molecule has 0 radical (unpaired) electrons. The molecule has 0 saturated heterocycles. The van der Waals surface area contributed by atoms with Gasteiger partial charge in [0.1, 0.15) is 6.07 Å². The maximum atomic E-state index is 12.5. The predicted octanol–water partition coefficient (Wildman–Crippen LogP) is 3.85. The minimum absolute atomic E-state index is 0.0710. The first kappa shape index (κ1) is 18.6. The normalized spacial score (nSPS) is 10.9. The Morgan fingerprint density at radius 2 is 1.74 bits per heavy atom. The van der Waals surface area contributed by atoms with Gasteiger partial charge in [-0.05, 0) is 55.0 Å². The molecule has 0 fully saturated rings. The topological polar surface area (TPSA) is 108 Å². The molecular formula is C18H14ClN5O2S. The maximum absolute atomic E-state index is 12.5. The van der Waals surface area contributed by atoms with Crippen LogP contribution in [0.5, 0.6) is 0 Å². The lowest BCUT2D eigenvalue weighted by molar-refractivity contribution is 0.601. The van der Waals surface area contributed by atoms with E-state index >= 15 is 0 Å². The predicted molar refractivity (Wildman–Crippen MR) is 103 cm³/mol. The zero-order valence-corrected chi connectivity index (χ0v) is 15.7. The van der Waals surface area contributed by atoms with E-state index in [9.17, 15) is 8.42 Å². The molecule has 0 saturated carbocycles. The van der Waals surface area contributed by atoms with Crippen molar-refractivity contribution in [3.63, 3.8) is 0 Å². The number of sulfonamides is 1. The molecule has 0 aliphatic carbocycles. The third-order valence-electron chi connectivity index (χ3n) is 3.65. The highest BCUT2D eigenvalue weighted by Crippen LogP contribution is 2.22. The first-order valence-electron chi connectivity index (χ1n) is 7.78. The van der Waals surface area contributed by atoms with E-state index in [-0.39, 0.29) is 10.7 Å². The lowest BCUT2D eigenvalue weighted by Gasteiger charge is -2.10. The van der Waals surface area contributed by atoms with Crippen molar-refractivity contribution in [3.05, 3.63) is 70.7 Å². The molecule has 7 nitrogen and oxygen atoms in total. The summed E-state index contributed by atoms with van der Waals surface area (Å²) in [5, 5.41) is 20.4. The highest BCUT2D eigenvalue weighted by Gasteiger charge is 2.16. The molecule has 3 aromatic rings. The molecule has 0 amide bonds. The second-order valence-electron chi connectivity index (χ2n) is 5.60. The summed E-state index contributed by atoms with van der Waals surface area (Å²) in [4.78, 5) is 0.0800. The third-order valence-corrected chi connectivity index (χ3v) is 5.43. The Bertz CT molecular complexity index is 1130. The minimum atomic E-state index is -3.81. The molecule has 2 aromatic carbocycles. The van der Waals surface area contributed by atoms with Crippen LogP contribution >= 0.6 is 11.6 Å². The highest BCUT2D eigenvalue weighted by molar-refractivity contribution is 7.92. The van der Waals surface area contributed by atoms with Crippen molar-refractivity contribution < 1.29 is 8.42 Å². The van der Waals surface area contributed by atoms with Gasteiger partial charge in [-0.2, -0.15) is 5.26 Å². The van der Waals surface area contributed by atoms with Crippen LogP contribution in [0, 0.1) is 18.3 Å². The van der Waals surface area contributed by atoms with Crippen molar-refractivity contribution in [3.8, 4) is 6.07 Å². The van der Waals surface area contributed by atoms with Gasteiger partial charge in [0.05, 0.1) is 16.1 Å². The Labute approximate surface area is 161 Å². The van der Waals surface area contributed by atoms with Crippen molar-refractivity contribution in [2.45, 2.75) is 11.8 Å². The van der Waals surface area contributed by atoms with Crippen LogP contribution in [0.3, 0.4) is 0 Å². The van der Waals surface area contributed by atoms with Crippen molar-refractivity contribution in [2.75, 3.05) is 10.0 Å². The van der Waals surface area contributed by atoms with Crippen LogP contribution < -0.4 is 10.0 Å². The summed E-state index contributed by atoms with van der Waals surface area (Å²) >= 11 is 5.93. The molecule has 1 aromatic heterocycles. The first-order valence-corrected chi connectivity index (χ1v) is 9.64. The Hall–Kier alpha value is -3.15. The second-order valence-corrected chi connectivity index (χ2v) is 7.69. The maximum Gasteiger partial charge on any atom is 0.263 e.